The molecule has 6 nitrogen and oxygen atoms in total. The number of nitrogens with zero attached hydrogens (tertiary/aromatic N) is 4. The van der Waals surface area contributed by atoms with E-state index in [4.69, 9.17) is 22.3 Å². The van der Waals surface area contributed by atoms with Gasteiger partial charge in [-0.3, -0.25) is 4.79 Å². The summed E-state index contributed by atoms with van der Waals surface area (Å²) in [7, 11) is 1.83. The highest BCUT2D eigenvalue weighted by Crippen LogP contribution is 2.29. The monoisotopic (exact) mass is 483 g/mol. The number of halogens is 1. The minimum atomic E-state index is -0.0442. The Labute approximate surface area is 208 Å². The summed E-state index contributed by atoms with van der Waals surface area (Å²) in [4.78, 5) is 20.8. The lowest BCUT2D eigenvalue weighted by molar-refractivity contribution is 0.495. The molecule has 1 atom stereocenters. The molecule has 1 fully saturated rings. The van der Waals surface area contributed by atoms with E-state index in [9.17, 15) is 4.79 Å². The van der Waals surface area contributed by atoms with Crippen LogP contribution in [0.4, 0.5) is 5.95 Å². The van der Waals surface area contributed by atoms with Crippen LogP contribution in [0.15, 0.2) is 35.1 Å². The van der Waals surface area contributed by atoms with Crippen molar-refractivity contribution in [2.24, 2.45) is 12.8 Å². The number of piperidine rings is 1. The van der Waals surface area contributed by atoms with Gasteiger partial charge in [-0.1, -0.05) is 69.1 Å². The quantitative estimate of drug-likeness (QED) is 0.501. The number of pyridine rings is 1. The summed E-state index contributed by atoms with van der Waals surface area (Å²) in [6.07, 6.45) is 8.35. The second-order valence-electron chi connectivity index (χ2n) is 8.69. The number of imidazole rings is 1. The molecule has 0 saturated carbocycles. The largest absolute Gasteiger partial charge is 0.341 e. The zero-order valence-corrected chi connectivity index (χ0v) is 21.9. The maximum Gasteiger partial charge on any atom is 0.276 e. The van der Waals surface area contributed by atoms with E-state index in [1.807, 2.05) is 56.7 Å². The number of hydrogen-bond donors (Lipinski definition) is 1. The van der Waals surface area contributed by atoms with Gasteiger partial charge in [0.25, 0.3) is 5.56 Å². The number of anilines is 1. The number of benzene rings is 1. The number of allylic oxidation sites excluding steroid dienone is 1. The lowest BCUT2D eigenvalue weighted by Gasteiger charge is -2.32. The molecule has 2 aromatic heterocycles. The van der Waals surface area contributed by atoms with Crippen LogP contribution in [0.1, 0.15) is 63.3 Å². The van der Waals surface area contributed by atoms with Gasteiger partial charge in [0.2, 0.25) is 5.95 Å². The molecule has 1 unspecified atom stereocenters. The predicted octanol–water partition coefficient (Wildman–Crippen LogP) is 5.51. The predicted molar refractivity (Wildman–Crippen MR) is 145 cm³/mol. The molecule has 4 rings (SSSR count). The van der Waals surface area contributed by atoms with Gasteiger partial charge in [-0.2, -0.15) is 0 Å². The number of rotatable bonds is 6. The van der Waals surface area contributed by atoms with Crippen molar-refractivity contribution in [3.63, 3.8) is 0 Å². The molecular formula is C27H38ClN5O. The summed E-state index contributed by atoms with van der Waals surface area (Å²) in [6.45, 7) is 10.2. The Balaban J connectivity index is 0.00000158. The van der Waals surface area contributed by atoms with Gasteiger partial charge in [0.1, 0.15) is 11.0 Å². The van der Waals surface area contributed by atoms with Crippen molar-refractivity contribution in [3.8, 4) is 0 Å². The third-order valence-corrected chi connectivity index (χ3v) is 6.74. The van der Waals surface area contributed by atoms with Gasteiger partial charge in [0.15, 0.2) is 0 Å². The molecule has 3 aromatic rings. The van der Waals surface area contributed by atoms with E-state index in [1.54, 1.807) is 4.57 Å². The normalized spacial score (nSPS) is 16.2. The zero-order valence-electron chi connectivity index (χ0n) is 21.1. The molecule has 3 heterocycles. The number of fused-ring (bicyclic) bond motifs is 1. The minimum Gasteiger partial charge on any atom is -0.341 e. The van der Waals surface area contributed by atoms with Gasteiger partial charge in [0, 0.05) is 42.5 Å². The fourth-order valence-electron chi connectivity index (χ4n) is 4.46. The van der Waals surface area contributed by atoms with Gasteiger partial charge in [-0.25, -0.2) is 4.98 Å². The number of unbranched alkanes of at least 4 members (excludes halogenated alkanes) is 1. The fraction of sp³-hybridized carbons (Fsp3) is 0.481. The topological polar surface area (TPSA) is 69.1 Å². The molecule has 2 N–H and O–H groups in total. The van der Waals surface area contributed by atoms with Crippen LogP contribution in [0.3, 0.4) is 0 Å². The van der Waals surface area contributed by atoms with Crippen LogP contribution in [0.5, 0.6) is 0 Å². The van der Waals surface area contributed by atoms with Crippen LogP contribution in [0.2, 0.25) is 5.02 Å². The number of nitrogens with two attached hydrogens (primary N) is 1. The molecular weight excluding hydrogens is 446 g/mol. The molecule has 0 radical (unpaired) electrons. The molecule has 0 aliphatic carbocycles. The lowest BCUT2D eigenvalue weighted by atomic mass is 10.1. The number of aromatic nitrogens is 3. The van der Waals surface area contributed by atoms with Gasteiger partial charge in [-0.15, -0.1) is 0 Å². The van der Waals surface area contributed by atoms with E-state index >= 15 is 0 Å². The van der Waals surface area contributed by atoms with Gasteiger partial charge < -0.3 is 19.8 Å². The van der Waals surface area contributed by atoms with Crippen molar-refractivity contribution in [1.82, 2.24) is 14.1 Å². The average molecular weight is 484 g/mol. The third kappa shape index (κ3) is 5.23. The van der Waals surface area contributed by atoms with E-state index in [-0.39, 0.29) is 11.6 Å². The Morgan fingerprint density at radius 2 is 2.00 bits per heavy atom. The third-order valence-electron chi connectivity index (χ3n) is 6.37. The molecule has 1 aromatic carbocycles. The van der Waals surface area contributed by atoms with Crippen LogP contribution in [-0.4, -0.2) is 33.2 Å². The first-order chi connectivity index (χ1) is 16.4. The van der Waals surface area contributed by atoms with Crippen molar-refractivity contribution >= 4 is 34.7 Å². The van der Waals surface area contributed by atoms with Gasteiger partial charge in [0.05, 0.1) is 6.54 Å². The lowest BCUT2D eigenvalue weighted by Crippen LogP contribution is -2.44. The molecule has 1 aliphatic rings. The summed E-state index contributed by atoms with van der Waals surface area (Å²) < 4.78 is 3.76. The highest BCUT2D eigenvalue weighted by Gasteiger charge is 2.26. The van der Waals surface area contributed by atoms with Gasteiger partial charge >= 0.3 is 0 Å². The molecule has 0 spiro atoms. The molecule has 7 heteroatoms. The minimum absolute atomic E-state index is 0.0442. The van der Waals surface area contributed by atoms with Crippen molar-refractivity contribution < 1.29 is 0 Å². The zero-order chi connectivity index (χ0) is 24.8. The molecule has 34 heavy (non-hydrogen) atoms. The fourth-order valence-corrected chi connectivity index (χ4v) is 4.65. The van der Waals surface area contributed by atoms with Crippen molar-refractivity contribution in [2.45, 2.75) is 66.0 Å². The Kier molecular flexibility index (Phi) is 8.97. The summed E-state index contributed by atoms with van der Waals surface area (Å²) >= 11 is 6.50. The molecule has 1 aliphatic heterocycles. The Morgan fingerprint density at radius 1 is 1.26 bits per heavy atom. The van der Waals surface area contributed by atoms with E-state index in [1.165, 1.54) is 0 Å². The van der Waals surface area contributed by atoms with Crippen LogP contribution < -0.4 is 16.2 Å². The Bertz CT molecular complexity index is 1210. The van der Waals surface area contributed by atoms with Crippen LogP contribution >= 0.6 is 11.6 Å². The molecule has 0 bridgehead atoms. The molecule has 1 saturated heterocycles. The second-order valence-corrected chi connectivity index (χ2v) is 9.10. The van der Waals surface area contributed by atoms with Crippen LogP contribution in [-0.2, 0) is 13.6 Å². The van der Waals surface area contributed by atoms with Crippen molar-refractivity contribution in [3.05, 3.63) is 62.5 Å². The Morgan fingerprint density at radius 3 is 2.68 bits per heavy atom. The van der Waals surface area contributed by atoms with Crippen LogP contribution in [0.25, 0.3) is 17.1 Å². The SMILES string of the molecule is CC.CCCC=Cc1c(C)n(C)c(=O)c2c1nc(N1CCCC(N)C1)n2Cc1ccccc1Cl. The maximum atomic E-state index is 13.5. The van der Waals surface area contributed by atoms with E-state index < -0.39 is 0 Å². The summed E-state index contributed by atoms with van der Waals surface area (Å²) in [5.74, 6) is 0.794. The summed E-state index contributed by atoms with van der Waals surface area (Å²) in [6, 6.07) is 7.87. The standard InChI is InChI=1S/C25H32ClN5O.C2H6/c1-4-5-6-12-20-17(2)29(3)24(32)23-22(20)28-25(30-14-9-11-19(27)16-30)31(23)15-18-10-7-8-13-21(18)26;1-2/h6-8,10,12-13,19H,4-5,9,11,14-16,27H2,1-3H3;1-2H3. The second kappa shape index (κ2) is 11.7. The van der Waals surface area contributed by atoms with Crippen molar-refractivity contribution in [1.29, 1.82) is 0 Å². The maximum absolute atomic E-state index is 13.5. The van der Waals surface area contributed by atoms with Crippen molar-refractivity contribution in [2.75, 3.05) is 18.0 Å². The number of hydrogen-bond acceptors (Lipinski definition) is 4. The van der Waals surface area contributed by atoms with Crippen LogP contribution in [0, 0.1) is 6.92 Å². The van der Waals surface area contributed by atoms with E-state index in [2.05, 4.69) is 24.0 Å². The smallest absolute Gasteiger partial charge is 0.276 e. The first-order valence-corrected chi connectivity index (χ1v) is 12.8. The Hall–Kier alpha value is -2.57. The highest BCUT2D eigenvalue weighted by molar-refractivity contribution is 6.31. The molecule has 184 valence electrons. The average Bonchev–Trinajstić information content (AvgIpc) is 3.21. The van der Waals surface area contributed by atoms with E-state index in [0.29, 0.717) is 17.1 Å². The highest BCUT2D eigenvalue weighted by atomic mass is 35.5. The van der Waals surface area contributed by atoms with E-state index in [0.717, 1.165) is 67.1 Å². The first-order valence-electron chi connectivity index (χ1n) is 12.4. The van der Waals surface area contributed by atoms with Gasteiger partial charge in [-0.05, 0) is 37.8 Å². The first kappa shape index (κ1) is 26.0. The molecule has 0 amide bonds. The summed E-state index contributed by atoms with van der Waals surface area (Å²) in [5.41, 5.74) is 10.5. The summed E-state index contributed by atoms with van der Waals surface area (Å²) in [5, 5.41) is 0.683.